The molecule has 1 heterocycles. The minimum Gasteiger partial charge on any atom is -0.374 e. The maximum absolute atomic E-state index is 14.9. The van der Waals surface area contributed by atoms with Crippen LogP contribution in [0.25, 0.3) is 0 Å². The summed E-state index contributed by atoms with van der Waals surface area (Å²) in [6, 6.07) is 58.4. The fraction of sp³-hybridized carbons (Fsp3) is 0.250. The first-order chi connectivity index (χ1) is 28.6. The van der Waals surface area contributed by atoms with Gasteiger partial charge in [-0.15, -0.1) is 0 Å². The molecule has 10 heteroatoms. The van der Waals surface area contributed by atoms with Gasteiger partial charge in [-0.05, 0) is 33.4 Å². The van der Waals surface area contributed by atoms with E-state index in [1.54, 1.807) is 0 Å². The highest BCUT2D eigenvalue weighted by atomic mass is 31.2. The normalized spacial score (nSPS) is 19.5. The van der Waals surface area contributed by atoms with E-state index in [1.807, 2.05) is 182 Å². The van der Waals surface area contributed by atoms with E-state index in [0.29, 0.717) is 6.61 Å². The standard InChI is InChI=1S/C48H49O9P/c49-58(54-35-42-27-15-5-16-28-42,55-36-43-29-17-6-18-30-43)57-48-47(53-34-41-25-13-4-14-26-41)46(52-33-40-23-11-3-12-24-40)45(51-32-39-21-9-2-10-22-39)44(56-48)37-50-31-38-19-7-1-8-20-38/h1-30,44-48H,31-37H2/t44-,45-,46+,47-,48+/m1/s1. The molecule has 0 bridgehead atoms. The molecule has 0 spiro atoms. The van der Waals surface area contributed by atoms with Crippen molar-refractivity contribution < 1.29 is 41.8 Å². The van der Waals surface area contributed by atoms with Crippen LogP contribution in [0.1, 0.15) is 33.4 Å². The average Bonchev–Trinajstić information content (AvgIpc) is 3.28. The Bertz CT molecular complexity index is 2030. The average molecular weight is 801 g/mol. The first kappa shape index (κ1) is 41.4. The zero-order valence-electron chi connectivity index (χ0n) is 32.3. The summed E-state index contributed by atoms with van der Waals surface area (Å²) in [7, 11) is -4.38. The summed E-state index contributed by atoms with van der Waals surface area (Å²) < 4.78 is 67.0. The van der Waals surface area contributed by atoms with Gasteiger partial charge in [0, 0.05) is 0 Å². The fourth-order valence-corrected chi connectivity index (χ4v) is 7.75. The molecule has 0 aromatic heterocycles. The number of benzene rings is 6. The molecule has 1 aliphatic heterocycles. The Morgan fingerprint density at radius 2 is 0.724 bits per heavy atom. The van der Waals surface area contributed by atoms with Gasteiger partial charge in [0.25, 0.3) is 0 Å². The van der Waals surface area contributed by atoms with E-state index in [2.05, 4.69) is 0 Å². The van der Waals surface area contributed by atoms with Crippen molar-refractivity contribution >= 4 is 7.82 Å². The van der Waals surface area contributed by atoms with E-state index < -0.39 is 38.5 Å². The fourth-order valence-electron chi connectivity index (χ4n) is 6.51. The second-order valence-electron chi connectivity index (χ2n) is 13.9. The monoisotopic (exact) mass is 800 g/mol. The van der Waals surface area contributed by atoms with Gasteiger partial charge >= 0.3 is 7.82 Å². The van der Waals surface area contributed by atoms with Crippen molar-refractivity contribution in [1.29, 1.82) is 0 Å². The molecule has 0 amide bonds. The van der Waals surface area contributed by atoms with Gasteiger partial charge in [0.05, 0.1) is 46.2 Å². The van der Waals surface area contributed by atoms with Crippen molar-refractivity contribution in [1.82, 2.24) is 0 Å². The maximum Gasteiger partial charge on any atom is 0.477 e. The summed E-state index contributed by atoms with van der Waals surface area (Å²) in [5, 5.41) is 0. The summed E-state index contributed by atoms with van der Waals surface area (Å²) in [6.45, 7) is 1.06. The van der Waals surface area contributed by atoms with Crippen molar-refractivity contribution in [2.45, 2.75) is 70.3 Å². The van der Waals surface area contributed by atoms with Gasteiger partial charge in [-0.3, -0.25) is 13.6 Å². The Morgan fingerprint density at radius 3 is 1.12 bits per heavy atom. The number of phosphoric acid groups is 1. The second-order valence-corrected chi connectivity index (χ2v) is 15.5. The van der Waals surface area contributed by atoms with E-state index in [4.69, 9.17) is 37.3 Å². The van der Waals surface area contributed by atoms with Crippen LogP contribution in [0.5, 0.6) is 0 Å². The Kier molecular flexibility index (Phi) is 15.6. The van der Waals surface area contributed by atoms with Crippen LogP contribution in [0.15, 0.2) is 182 Å². The summed E-state index contributed by atoms with van der Waals surface area (Å²) in [5.74, 6) is 0. The summed E-state index contributed by atoms with van der Waals surface area (Å²) in [6.07, 6.45) is -4.54. The lowest BCUT2D eigenvalue weighted by molar-refractivity contribution is -0.313. The third-order valence-electron chi connectivity index (χ3n) is 9.54. The molecular formula is C48H49O9P. The third kappa shape index (κ3) is 12.6. The lowest BCUT2D eigenvalue weighted by atomic mass is 9.98. The Balaban J connectivity index is 1.23. The van der Waals surface area contributed by atoms with Crippen molar-refractivity contribution in [3.8, 4) is 0 Å². The molecule has 7 rings (SSSR count). The summed E-state index contributed by atoms with van der Waals surface area (Å²) in [4.78, 5) is 0. The van der Waals surface area contributed by atoms with Gasteiger partial charge in [0.15, 0.2) is 6.29 Å². The van der Waals surface area contributed by atoms with Crippen LogP contribution in [0.2, 0.25) is 0 Å². The summed E-state index contributed by atoms with van der Waals surface area (Å²) >= 11 is 0. The highest BCUT2D eigenvalue weighted by Crippen LogP contribution is 2.54. The zero-order valence-corrected chi connectivity index (χ0v) is 33.2. The number of hydrogen-bond donors (Lipinski definition) is 0. The van der Waals surface area contributed by atoms with Crippen LogP contribution in [-0.4, -0.2) is 37.3 Å². The van der Waals surface area contributed by atoms with Crippen LogP contribution >= 0.6 is 7.82 Å². The van der Waals surface area contributed by atoms with Gasteiger partial charge in [-0.2, -0.15) is 0 Å². The van der Waals surface area contributed by atoms with Crippen LogP contribution in [0.4, 0.5) is 0 Å². The molecule has 0 unspecified atom stereocenters. The van der Waals surface area contributed by atoms with Crippen LogP contribution in [0, 0.1) is 0 Å². The van der Waals surface area contributed by atoms with Gasteiger partial charge < -0.3 is 23.7 Å². The lowest BCUT2D eigenvalue weighted by Gasteiger charge is -2.46. The van der Waals surface area contributed by atoms with Gasteiger partial charge in [-0.25, -0.2) is 4.57 Å². The van der Waals surface area contributed by atoms with Crippen molar-refractivity contribution in [2.75, 3.05) is 6.61 Å². The molecule has 1 fully saturated rings. The molecule has 6 aromatic carbocycles. The van der Waals surface area contributed by atoms with Crippen molar-refractivity contribution in [2.24, 2.45) is 0 Å². The van der Waals surface area contributed by atoms with E-state index >= 15 is 0 Å². The molecular weight excluding hydrogens is 751 g/mol. The topological polar surface area (TPSA) is 90.9 Å². The number of rotatable bonds is 21. The second kappa shape index (κ2) is 21.8. The number of ether oxygens (including phenoxy) is 5. The number of phosphoric ester groups is 1. The largest absolute Gasteiger partial charge is 0.477 e. The molecule has 0 aliphatic carbocycles. The quantitative estimate of drug-likeness (QED) is 0.0660. The molecule has 300 valence electrons. The predicted molar refractivity (Wildman–Crippen MR) is 221 cm³/mol. The van der Waals surface area contributed by atoms with Crippen LogP contribution in [-0.2, 0) is 81.5 Å². The molecule has 0 saturated carbocycles. The van der Waals surface area contributed by atoms with Gasteiger partial charge in [0.1, 0.15) is 24.4 Å². The van der Waals surface area contributed by atoms with Crippen LogP contribution in [0.3, 0.4) is 0 Å². The van der Waals surface area contributed by atoms with E-state index in [-0.39, 0.29) is 39.6 Å². The number of hydrogen-bond acceptors (Lipinski definition) is 9. The van der Waals surface area contributed by atoms with E-state index in [0.717, 1.165) is 33.4 Å². The summed E-state index contributed by atoms with van der Waals surface area (Å²) in [5.41, 5.74) is 5.43. The molecule has 58 heavy (non-hydrogen) atoms. The minimum absolute atomic E-state index is 0.0322. The molecule has 0 radical (unpaired) electrons. The SMILES string of the molecule is O=P(OCc1ccccc1)(OCc1ccccc1)O[C@@H]1O[C@H](COCc2ccccc2)[C@@H](OCc2ccccc2)[C@H](OCc2ccccc2)[C@H]1OCc1ccccc1. The maximum atomic E-state index is 14.9. The van der Waals surface area contributed by atoms with Crippen LogP contribution < -0.4 is 0 Å². The van der Waals surface area contributed by atoms with E-state index in [1.165, 1.54) is 0 Å². The predicted octanol–water partition coefficient (Wildman–Crippen LogP) is 10.2. The van der Waals surface area contributed by atoms with E-state index in [9.17, 15) is 4.57 Å². The molecule has 6 aromatic rings. The Labute approximate surface area is 341 Å². The van der Waals surface area contributed by atoms with Gasteiger partial charge in [0.2, 0.25) is 0 Å². The zero-order chi connectivity index (χ0) is 39.7. The molecule has 9 nitrogen and oxygen atoms in total. The smallest absolute Gasteiger partial charge is 0.374 e. The minimum atomic E-state index is -4.38. The third-order valence-corrected chi connectivity index (χ3v) is 10.9. The molecule has 0 N–H and O–H groups in total. The Morgan fingerprint density at radius 1 is 0.397 bits per heavy atom. The molecule has 1 aliphatic rings. The highest BCUT2D eigenvalue weighted by Gasteiger charge is 2.51. The van der Waals surface area contributed by atoms with Gasteiger partial charge in [-0.1, -0.05) is 182 Å². The first-order valence-electron chi connectivity index (χ1n) is 19.5. The Hall–Kier alpha value is -4.77. The van der Waals surface area contributed by atoms with Crippen molar-refractivity contribution in [3.05, 3.63) is 215 Å². The lowest BCUT2D eigenvalue weighted by Crippen LogP contribution is -2.61. The van der Waals surface area contributed by atoms with Crippen molar-refractivity contribution in [3.63, 3.8) is 0 Å². The molecule has 1 saturated heterocycles. The highest BCUT2D eigenvalue weighted by molar-refractivity contribution is 7.48. The molecule has 5 atom stereocenters. The first-order valence-corrected chi connectivity index (χ1v) is 21.0.